The number of fused-ring (bicyclic) bond motifs is 1. The maximum Gasteiger partial charge on any atom is 0.261 e. The van der Waals surface area contributed by atoms with Gasteiger partial charge in [-0.05, 0) is 24.7 Å². The third kappa shape index (κ3) is 4.43. The van der Waals surface area contributed by atoms with E-state index in [0.717, 1.165) is 5.56 Å². The molecule has 3 rings (SSSR count). The molecule has 0 fully saturated rings. The summed E-state index contributed by atoms with van der Waals surface area (Å²) in [6.45, 7) is 1.29. The topological polar surface area (TPSA) is 58.4 Å². The Hall–Kier alpha value is -1.92. The lowest BCUT2D eigenvalue weighted by atomic mass is 10.2. The Bertz CT molecular complexity index is 960. The van der Waals surface area contributed by atoms with E-state index in [9.17, 15) is 9.90 Å². The van der Waals surface area contributed by atoms with Crippen LogP contribution in [0.3, 0.4) is 0 Å². The van der Waals surface area contributed by atoms with Gasteiger partial charge in [-0.2, -0.15) is 0 Å². The molecule has 0 aliphatic rings. The smallest absolute Gasteiger partial charge is 0.261 e. The molecule has 5 nitrogen and oxygen atoms in total. The molecule has 0 amide bonds. The predicted octanol–water partition coefficient (Wildman–Crippen LogP) is 3.20. The van der Waals surface area contributed by atoms with Crippen LogP contribution in [0.25, 0.3) is 10.9 Å². The van der Waals surface area contributed by atoms with Crippen molar-refractivity contribution in [1.29, 1.82) is 0 Å². The second-order valence-corrected chi connectivity index (χ2v) is 7.17. The summed E-state index contributed by atoms with van der Waals surface area (Å²) in [5.74, 6) is 0. The first-order valence-corrected chi connectivity index (χ1v) is 8.94. The standard InChI is InChI=1S/C19H19Cl2N3O2/c1-23(9-13-5-3-2-4-6-13)10-15(25)11-24-12-22-18-16(19(24)26)7-14(20)8-17(18)21/h2-8,12,15,25H,9-11H2,1H3/t15-/m1/s1. The predicted molar refractivity (Wildman–Crippen MR) is 105 cm³/mol. The zero-order chi connectivity index (χ0) is 18.7. The highest BCUT2D eigenvalue weighted by molar-refractivity contribution is 6.38. The van der Waals surface area contributed by atoms with Gasteiger partial charge in [0.2, 0.25) is 0 Å². The van der Waals surface area contributed by atoms with Gasteiger partial charge >= 0.3 is 0 Å². The van der Waals surface area contributed by atoms with E-state index in [2.05, 4.69) is 4.98 Å². The van der Waals surface area contributed by atoms with Crippen LogP contribution in [0.4, 0.5) is 0 Å². The van der Waals surface area contributed by atoms with Crippen LogP contribution in [0, 0.1) is 0 Å². The fourth-order valence-electron chi connectivity index (χ4n) is 2.93. The molecular weight excluding hydrogens is 373 g/mol. The molecule has 0 saturated heterocycles. The van der Waals surface area contributed by atoms with Gasteiger partial charge in [0.25, 0.3) is 5.56 Å². The third-order valence-electron chi connectivity index (χ3n) is 4.07. The third-order valence-corrected chi connectivity index (χ3v) is 4.58. The Kier molecular flexibility index (Phi) is 5.94. The Morgan fingerprint density at radius 3 is 2.69 bits per heavy atom. The van der Waals surface area contributed by atoms with Gasteiger partial charge in [0.15, 0.2) is 0 Å². The second kappa shape index (κ2) is 8.18. The van der Waals surface area contributed by atoms with Crippen LogP contribution >= 0.6 is 23.2 Å². The molecule has 0 saturated carbocycles. The molecule has 0 bridgehead atoms. The first-order valence-electron chi connectivity index (χ1n) is 8.19. The summed E-state index contributed by atoms with van der Waals surface area (Å²) < 4.78 is 1.38. The molecule has 1 heterocycles. The van der Waals surface area contributed by atoms with Gasteiger partial charge < -0.3 is 5.11 Å². The molecule has 0 aliphatic carbocycles. The first kappa shape index (κ1) is 18.9. The number of nitrogens with zero attached hydrogens (tertiary/aromatic N) is 3. The summed E-state index contributed by atoms with van der Waals surface area (Å²) >= 11 is 12.1. The molecular formula is C19H19Cl2N3O2. The summed E-state index contributed by atoms with van der Waals surface area (Å²) in [4.78, 5) is 18.9. The largest absolute Gasteiger partial charge is 0.390 e. The molecule has 0 aliphatic heterocycles. The average Bonchev–Trinajstić information content (AvgIpc) is 2.58. The van der Waals surface area contributed by atoms with Crippen molar-refractivity contribution in [2.24, 2.45) is 0 Å². The number of likely N-dealkylation sites (N-methyl/N-ethyl adjacent to an activating group) is 1. The van der Waals surface area contributed by atoms with E-state index >= 15 is 0 Å². The minimum atomic E-state index is -0.713. The zero-order valence-corrected chi connectivity index (χ0v) is 15.8. The highest BCUT2D eigenvalue weighted by atomic mass is 35.5. The van der Waals surface area contributed by atoms with Gasteiger partial charge in [-0.25, -0.2) is 4.98 Å². The van der Waals surface area contributed by atoms with Crippen molar-refractivity contribution in [2.45, 2.75) is 19.2 Å². The van der Waals surface area contributed by atoms with Gasteiger partial charge in [0.1, 0.15) is 0 Å². The normalized spacial score (nSPS) is 12.7. The van der Waals surface area contributed by atoms with Crippen LogP contribution in [-0.2, 0) is 13.1 Å². The van der Waals surface area contributed by atoms with Crippen molar-refractivity contribution in [2.75, 3.05) is 13.6 Å². The summed E-state index contributed by atoms with van der Waals surface area (Å²) in [6.07, 6.45) is 0.695. The molecule has 0 unspecified atom stereocenters. The van der Waals surface area contributed by atoms with Crippen molar-refractivity contribution < 1.29 is 5.11 Å². The van der Waals surface area contributed by atoms with Crippen molar-refractivity contribution in [3.05, 3.63) is 74.8 Å². The van der Waals surface area contributed by atoms with E-state index < -0.39 is 6.10 Å². The van der Waals surface area contributed by atoms with Gasteiger partial charge in [-0.1, -0.05) is 53.5 Å². The quantitative estimate of drug-likeness (QED) is 0.700. The fourth-order valence-corrected chi connectivity index (χ4v) is 3.47. The van der Waals surface area contributed by atoms with Crippen LogP contribution in [0.1, 0.15) is 5.56 Å². The number of aliphatic hydroxyl groups excluding tert-OH is 1. The summed E-state index contributed by atoms with van der Waals surface area (Å²) in [5.41, 5.74) is 1.30. The maximum atomic E-state index is 12.6. The lowest BCUT2D eigenvalue weighted by Crippen LogP contribution is -2.34. The van der Waals surface area contributed by atoms with E-state index in [1.807, 2.05) is 42.3 Å². The Balaban J connectivity index is 1.72. The number of hydrogen-bond donors (Lipinski definition) is 1. The van der Waals surface area contributed by atoms with Crippen molar-refractivity contribution in [1.82, 2.24) is 14.5 Å². The highest BCUT2D eigenvalue weighted by Crippen LogP contribution is 2.23. The van der Waals surface area contributed by atoms with Crippen LogP contribution in [0.15, 0.2) is 53.6 Å². The molecule has 7 heteroatoms. The van der Waals surface area contributed by atoms with E-state index in [1.54, 1.807) is 12.1 Å². The van der Waals surface area contributed by atoms with Gasteiger partial charge in [0, 0.05) is 18.1 Å². The van der Waals surface area contributed by atoms with E-state index in [4.69, 9.17) is 23.2 Å². The molecule has 2 aromatic carbocycles. The minimum absolute atomic E-state index is 0.144. The monoisotopic (exact) mass is 391 g/mol. The molecule has 3 aromatic rings. The number of rotatable bonds is 6. The average molecular weight is 392 g/mol. The van der Waals surface area contributed by atoms with E-state index in [-0.39, 0.29) is 12.1 Å². The number of hydrogen-bond acceptors (Lipinski definition) is 4. The number of aromatic nitrogens is 2. The Labute approximate surface area is 161 Å². The SMILES string of the molecule is CN(Cc1ccccc1)C[C@@H](O)Cn1cnc2c(Cl)cc(Cl)cc2c1=O. The first-order chi connectivity index (χ1) is 12.4. The Morgan fingerprint density at radius 1 is 1.23 bits per heavy atom. The van der Waals surface area contributed by atoms with Crippen LogP contribution < -0.4 is 5.56 Å². The van der Waals surface area contributed by atoms with E-state index in [1.165, 1.54) is 10.9 Å². The zero-order valence-electron chi connectivity index (χ0n) is 14.3. The van der Waals surface area contributed by atoms with Crippen molar-refractivity contribution in [3.63, 3.8) is 0 Å². The highest BCUT2D eigenvalue weighted by Gasteiger charge is 2.13. The van der Waals surface area contributed by atoms with Crippen molar-refractivity contribution >= 4 is 34.1 Å². The van der Waals surface area contributed by atoms with Gasteiger partial charge in [0.05, 0.1) is 34.9 Å². The maximum absolute atomic E-state index is 12.6. The molecule has 1 atom stereocenters. The van der Waals surface area contributed by atoms with Crippen LogP contribution in [0.2, 0.25) is 10.0 Å². The van der Waals surface area contributed by atoms with Gasteiger partial charge in [-0.3, -0.25) is 14.3 Å². The molecule has 0 radical (unpaired) electrons. The van der Waals surface area contributed by atoms with E-state index in [0.29, 0.717) is 34.0 Å². The minimum Gasteiger partial charge on any atom is -0.390 e. The fraction of sp³-hybridized carbons (Fsp3) is 0.263. The number of aliphatic hydroxyl groups is 1. The van der Waals surface area contributed by atoms with Crippen LogP contribution in [-0.4, -0.2) is 39.3 Å². The summed E-state index contributed by atoms with van der Waals surface area (Å²) in [5, 5.41) is 11.4. The Morgan fingerprint density at radius 2 is 1.96 bits per heavy atom. The summed E-state index contributed by atoms with van der Waals surface area (Å²) in [7, 11) is 1.93. The van der Waals surface area contributed by atoms with Crippen LogP contribution in [0.5, 0.6) is 0 Å². The molecule has 0 spiro atoms. The molecule has 1 N–H and O–H groups in total. The van der Waals surface area contributed by atoms with Crippen molar-refractivity contribution in [3.8, 4) is 0 Å². The lowest BCUT2D eigenvalue weighted by molar-refractivity contribution is 0.106. The number of halogens is 2. The number of benzene rings is 2. The molecule has 26 heavy (non-hydrogen) atoms. The summed E-state index contributed by atoms with van der Waals surface area (Å²) in [6, 6.07) is 13.1. The second-order valence-electron chi connectivity index (χ2n) is 6.32. The van der Waals surface area contributed by atoms with Gasteiger partial charge in [-0.15, -0.1) is 0 Å². The molecule has 136 valence electrons. The lowest BCUT2D eigenvalue weighted by Gasteiger charge is -2.21. The molecule has 1 aromatic heterocycles.